The lowest BCUT2D eigenvalue weighted by atomic mass is 9.83. The molecule has 4 aromatic rings. The first-order valence-corrected chi connectivity index (χ1v) is 13.5. The molecule has 5 rings (SSSR count). The Labute approximate surface area is 234 Å². The van der Waals surface area contributed by atoms with Crippen molar-refractivity contribution in [1.29, 1.82) is 0 Å². The summed E-state index contributed by atoms with van der Waals surface area (Å²) in [6, 6.07) is 12.4. The van der Waals surface area contributed by atoms with Gasteiger partial charge < -0.3 is 10.3 Å². The van der Waals surface area contributed by atoms with E-state index in [-0.39, 0.29) is 5.82 Å². The zero-order valence-electron chi connectivity index (χ0n) is 23.0. The Hall–Kier alpha value is -4.71. The van der Waals surface area contributed by atoms with Gasteiger partial charge in [0.25, 0.3) is 0 Å². The van der Waals surface area contributed by atoms with Gasteiger partial charge >= 0.3 is 0 Å². The summed E-state index contributed by atoms with van der Waals surface area (Å²) in [4.78, 5) is 8.35. The number of nitrogens with one attached hydrogen (secondary N) is 3. The van der Waals surface area contributed by atoms with E-state index in [9.17, 15) is 4.39 Å². The fraction of sp³-hybridized carbons (Fsp3) is 0.176. The molecule has 1 aliphatic carbocycles. The van der Waals surface area contributed by atoms with Gasteiger partial charge in [-0.1, -0.05) is 62.6 Å². The Balaban J connectivity index is 1.52. The predicted molar refractivity (Wildman–Crippen MR) is 164 cm³/mol. The fourth-order valence-corrected chi connectivity index (χ4v) is 4.89. The molecular formula is C34H34FN5. The molecule has 1 aliphatic rings. The number of benzene rings is 2. The molecule has 0 spiro atoms. The fourth-order valence-electron chi connectivity index (χ4n) is 4.89. The van der Waals surface area contributed by atoms with E-state index in [1.807, 2.05) is 62.4 Å². The molecule has 40 heavy (non-hydrogen) atoms. The number of rotatable bonds is 9. The zero-order chi connectivity index (χ0) is 28.2. The minimum absolute atomic E-state index is 0.270. The number of hydrogen-bond acceptors (Lipinski definition) is 3. The third-order valence-electron chi connectivity index (χ3n) is 7.45. The number of imidazole rings is 1. The van der Waals surface area contributed by atoms with Gasteiger partial charge in [-0.25, -0.2) is 9.37 Å². The molecule has 202 valence electrons. The number of halogens is 1. The Morgan fingerprint density at radius 2 is 1.88 bits per heavy atom. The number of allylic oxidation sites excluding steroid dienone is 6. The van der Waals surface area contributed by atoms with Crippen LogP contribution in [0.5, 0.6) is 0 Å². The van der Waals surface area contributed by atoms with Crippen LogP contribution < -0.4 is 15.9 Å². The van der Waals surface area contributed by atoms with Crippen LogP contribution in [0.2, 0.25) is 0 Å². The van der Waals surface area contributed by atoms with Gasteiger partial charge in [0.15, 0.2) is 5.82 Å². The maximum Gasteiger partial charge on any atom is 0.159 e. The molecule has 5 nitrogen and oxygen atoms in total. The van der Waals surface area contributed by atoms with Crippen molar-refractivity contribution in [3.05, 3.63) is 119 Å². The van der Waals surface area contributed by atoms with E-state index in [0.717, 1.165) is 55.3 Å². The van der Waals surface area contributed by atoms with Crippen LogP contribution in [0.1, 0.15) is 33.1 Å². The number of aromatic amines is 2. The minimum atomic E-state index is -0.270. The van der Waals surface area contributed by atoms with E-state index >= 15 is 0 Å². The molecule has 0 amide bonds. The number of fused-ring (bicyclic) bond motifs is 1. The SMILES string of the molecule is C=C/C(=C\C(=C/C)C(=C)/C=c1/c(-c2nc3c(-c4ccc(F)cc4)cccc3[nH]2)n[nH]/c1=C/C)NC(=C)C1CCC1. The van der Waals surface area contributed by atoms with Gasteiger partial charge in [0, 0.05) is 22.2 Å². The van der Waals surface area contributed by atoms with E-state index < -0.39 is 0 Å². The third kappa shape index (κ3) is 5.38. The van der Waals surface area contributed by atoms with Gasteiger partial charge in [-0.3, -0.25) is 5.10 Å². The van der Waals surface area contributed by atoms with Crippen molar-refractivity contribution < 1.29 is 4.39 Å². The summed E-state index contributed by atoms with van der Waals surface area (Å²) in [5.74, 6) is 0.889. The van der Waals surface area contributed by atoms with E-state index in [1.54, 1.807) is 12.1 Å². The van der Waals surface area contributed by atoms with Crippen molar-refractivity contribution in [3.8, 4) is 22.6 Å². The lowest BCUT2D eigenvalue weighted by molar-refractivity contribution is 0.356. The highest BCUT2D eigenvalue weighted by atomic mass is 19.1. The summed E-state index contributed by atoms with van der Waals surface area (Å²) in [6.45, 7) is 16.5. The van der Waals surface area contributed by atoms with Gasteiger partial charge in [-0.05, 0) is 85.7 Å². The molecule has 0 aliphatic heterocycles. The average Bonchev–Trinajstić information content (AvgIpc) is 3.54. The van der Waals surface area contributed by atoms with Crippen LogP contribution in [-0.4, -0.2) is 20.2 Å². The summed E-state index contributed by atoms with van der Waals surface area (Å²) < 4.78 is 13.5. The average molecular weight is 532 g/mol. The van der Waals surface area contributed by atoms with E-state index in [2.05, 4.69) is 40.2 Å². The molecular weight excluding hydrogens is 497 g/mol. The highest BCUT2D eigenvalue weighted by Gasteiger charge is 2.20. The van der Waals surface area contributed by atoms with Crippen LogP contribution in [0.15, 0.2) is 103 Å². The van der Waals surface area contributed by atoms with Gasteiger partial charge in [0.05, 0.1) is 16.4 Å². The first-order chi connectivity index (χ1) is 19.4. The monoisotopic (exact) mass is 531 g/mol. The molecule has 0 saturated heterocycles. The zero-order valence-corrected chi connectivity index (χ0v) is 23.0. The normalized spacial score (nSPS) is 15.4. The van der Waals surface area contributed by atoms with Crippen LogP contribution in [0.3, 0.4) is 0 Å². The number of hydrogen-bond donors (Lipinski definition) is 3. The van der Waals surface area contributed by atoms with Crippen molar-refractivity contribution in [2.45, 2.75) is 33.1 Å². The second kappa shape index (κ2) is 11.6. The van der Waals surface area contributed by atoms with Crippen molar-refractivity contribution in [1.82, 2.24) is 25.5 Å². The highest BCUT2D eigenvalue weighted by molar-refractivity contribution is 5.93. The quantitative estimate of drug-likeness (QED) is 0.208. The molecule has 6 heteroatoms. The molecule has 0 radical (unpaired) electrons. The summed E-state index contributed by atoms with van der Waals surface area (Å²) in [5.41, 5.74) is 7.88. The van der Waals surface area contributed by atoms with Crippen LogP contribution in [0.25, 0.3) is 45.8 Å². The number of aromatic nitrogens is 4. The lowest BCUT2D eigenvalue weighted by Crippen LogP contribution is -2.24. The van der Waals surface area contributed by atoms with Crippen LogP contribution >= 0.6 is 0 Å². The van der Waals surface area contributed by atoms with E-state index in [4.69, 9.17) is 4.98 Å². The molecule has 0 atom stereocenters. The number of nitrogens with zero attached hydrogens (tertiary/aromatic N) is 2. The molecule has 2 aromatic heterocycles. The molecule has 3 N–H and O–H groups in total. The Kier molecular flexibility index (Phi) is 7.78. The van der Waals surface area contributed by atoms with Crippen molar-refractivity contribution in [2.24, 2.45) is 5.92 Å². The lowest BCUT2D eigenvalue weighted by Gasteiger charge is -2.28. The molecule has 0 bridgehead atoms. The summed E-state index contributed by atoms with van der Waals surface area (Å²) >= 11 is 0. The maximum atomic E-state index is 13.5. The first-order valence-electron chi connectivity index (χ1n) is 13.5. The van der Waals surface area contributed by atoms with Crippen LogP contribution in [0, 0.1) is 11.7 Å². The van der Waals surface area contributed by atoms with Crippen molar-refractivity contribution in [3.63, 3.8) is 0 Å². The van der Waals surface area contributed by atoms with E-state index in [1.165, 1.54) is 31.4 Å². The second-order valence-corrected chi connectivity index (χ2v) is 9.98. The first kappa shape index (κ1) is 26.9. The topological polar surface area (TPSA) is 69.4 Å². The summed E-state index contributed by atoms with van der Waals surface area (Å²) in [5, 5.41) is 12.9. The standard InChI is InChI=1S/C34H34FN5/c1-6-23(20-27(7-2)36-22(5)24-11-9-12-24)21(4)19-29-30(8-3)39-40-33(29)34-37-31-14-10-13-28(32(31)38-34)25-15-17-26(35)18-16-25/h6-8,10,13-20,24,36,39H,2,4-5,9,11-12H2,1,3H3,(H,37,38)/b23-6+,27-20+,29-19+,30-8+. The molecule has 1 fully saturated rings. The maximum absolute atomic E-state index is 13.5. The van der Waals surface area contributed by atoms with Crippen molar-refractivity contribution in [2.75, 3.05) is 0 Å². The number of para-hydroxylation sites is 1. The number of H-pyrrole nitrogens is 2. The molecule has 2 heterocycles. The smallest absolute Gasteiger partial charge is 0.159 e. The molecule has 1 saturated carbocycles. The molecule has 2 aromatic carbocycles. The Morgan fingerprint density at radius 1 is 1.10 bits per heavy atom. The van der Waals surface area contributed by atoms with Gasteiger partial charge in [0.2, 0.25) is 0 Å². The largest absolute Gasteiger partial charge is 0.359 e. The summed E-state index contributed by atoms with van der Waals surface area (Å²) in [7, 11) is 0. The minimum Gasteiger partial charge on any atom is -0.359 e. The Morgan fingerprint density at radius 3 is 2.52 bits per heavy atom. The highest BCUT2D eigenvalue weighted by Crippen LogP contribution is 2.32. The van der Waals surface area contributed by atoms with E-state index in [0.29, 0.717) is 17.4 Å². The summed E-state index contributed by atoms with van der Waals surface area (Å²) in [6.07, 6.45) is 13.5. The van der Waals surface area contributed by atoms with Gasteiger partial charge in [-0.15, -0.1) is 0 Å². The third-order valence-corrected chi connectivity index (χ3v) is 7.45. The predicted octanol–water partition coefficient (Wildman–Crippen LogP) is 6.82. The van der Waals surface area contributed by atoms with Crippen LogP contribution in [-0.2, 0) is 0 Å². The van der Waals surface area contributed by atoms with Crippen LogP contribution in [0.4, 0.5) is 4.39 Å². The molecule has 0 unspecified atom stereocenters. The van der Waals surface area contributed by atoms with Crippen molar-refractivity contribution >= 4 is 23.2 Å². The van der Waals surface area contributed by atoms with Gasteiger partial charge in [0.1, 0.15) is 11.5 Å². The Bertz CT molecular complexity index is 1780. The van der Waals surface area contributed by atoms with Gasteiger partial charge in [-0.2, -0.15) is 5.10 Å². The second-order valence-electron chi connectivity index (χ2n) is 9.98.